The molecule has 6 heteroatoms. The maximum absolute atomic E-state index is 5.79. The molecule has 1 aromatic heterocycles. The van der Waals surface area contributed by atoms with Gasteiger partial charge in [-0.25, -0.2) is 9.67 Å². The Morgan fingerprint density at radius 2 is 2.33 bits per heavy atom. The van der Waals surface area contributed by atoms with Gasteiger partial charge in [0.05, 0.1) is 6.04 Å². The first-order valence-electron chi connectivity index (χ1n) is 7.31. The lowest BCUT2D eigenvalue weighted by Gasteiger charge is -2.10. The quantitative estimate of drug-likeness (QED) is 0.880. The van der Waals surface area contributed by atoms with Gasteiger partial charge in [-0.3, -0.25) is 0 Å². The van der Waals surface area contributed by atoms with E-state index >= 15 is 0 Å². The topological polar surface area (TPSA) is 61.2 Å². The molecular weight excluding hydrogens is 268 g/mol. The van der Waals surface area contributed by atoms with E-state index in [1.807, 2.05) is 23.7 Å². The van der Waals surface area contributed by atoms with Gasteiger partial charge in [0.1, 0.15) is 31.0 Å². The van der Waals surface area contributed by atoms with Crippen LogP contribution in [0.3, 0.4) is 0 Å². The van der Waals surface area contributed by atoms with Crippen molar-refractivity contribution in [1.82, 2.24) is 20.1 Å². The number of aromatic nitrogens is 3. The summed E-state index contributed by atoms with van der Waals surface area (Å²) in [5.41, 5.74) is 1.20. The molecule has 1 unspecified atom stereocenters. The fourth-order valence-electron chi connectivity index (χ4n) is 2.51. The summed E-state index contributed by atoms with van der Waals surface area (Å²) >= 11 is 0. The van der Waals surface area contributed by atoms with Crippen LogP contribution in [0, 0.1) is 0 Å². The predicted molar refractivity (Wildman–Crippen MR) is 78.4 cm³/mol. The van der Waals surface area contributed by atoms with Gasteiger partial charge in [-0.2, -0.15) is 5.10 Å². The highest BCUT2D eigenvalue weighted by atomic mass is 16.5. The van der Waals surface area contributed by atoms with Crippen molar-refractivity contribution < 1.29 is 9.47 Å². The van der Waals surface area contributed by atoms with Crippen LogP contribution in [0.4, 0.5) is 0 Å². The Morgan fingerprint density at radius 1 is 1.43 bits per heavy atom. The first-order valence-corrected chi connectivity index (χ1v) is 7.31. The van der Waals surface area contributed by atoms with Crippen molar-refractivity contribution in [2.75, 3.05) is 13.2 Å². The molecule has 1 aliphatic heterocycles. The Bertz CT molecular complexity index is 611. The van der Waals surface area contributed by atoms with Crippen LogP contribution in [0.15, 0.2) is 24.5 Å². The maximum Gasteiger partial charge on any atom is 0.164 e. The van der Waals surface area contributed by atoms with E-state index in [0.29, 0.717) is 13.2 Å². The molecule has 0 bridgehead atoms. The summed E-state index contributed by atoms with van der Waals surface area (Å²) in [4.78, 5) is 4.20. The van der Waals surface area contributed by atoms with Crippen molar-refractivity contribution in [3.8, 4) is 11.5 Å². The molecule has 112 valence electrons. The molecule has 1 N–H and O–H groups in total. The zero-order valence-corrected chi connectivity index (χ0v) is 12.4. The molecular formula is C15H20N4O2. The van der Waals surface area contributed by atoms with E-state index in [-0.39, 0.29) is 6.04 Å². The van der Waals surface area contributed by atoms with E-state index in [9.17, 15) is 0 Å². The lowest BCUT2D eigenvalue weighted by atomic mass is 10.1. The highest BCUT2D eigenvalue weighted by molar-refractivity contribution is 5.45. The third-order valence-corrected chi connectivity index (χ3v) is 3.58. The Hall–Kier alpha value is -2.08. The average Bonchev–Trinajstić information content (AvgIpc) is 3.12. The number of hydrogen-bond donors (Lipinski definition) is 1. The van der Waals surface area contributed by atoms with Crippen LogP contribution in [0.25, 0.3) is 0 Å². The minimum absolute atomic E-state index is 0.280. The van der Waals surface area contributed by atoms with E-state index in [2.05, 4.69) is 28.4 Å². The summed E-state index contributed by atoms with van der Waals surface area (Å²) in [5.74, 6) is 2.51. The van der Waals surface area contributed by atoms with Crippen molar-refractivity contribution in [2.24, 2.45) is 0 Å². The second kappa shape index (κ2) is 6.13. The average molecular weight is 288 g/mol. The fourth-order valence-corrected chi connectivity index (χ4v) is 2.51. The zero-order valence-electron chi connectivity index (χ0n) is 12.4. The first-order chi connectivity index (χ1) is 10.3. The monoisotopic (exact) mass is 288 g/mol. The molecule has 0 spiro atoms. The van der Waals surface area contributed by atoms with Gasteiger partial charge in [0.2, 0.25) is 0 Å². The van der Waals surface area contributed by atoms with Crippen molar-refractivity contribution in [3.05, 3.63) is 35.9 Å². The summed E-state index contributed by atoms with van der Waals surface area (Å²) in [7, 11) is 0. The van der Waals surface area contributed by atoms with Crippen molar-refractivity contribution in [1.29, 1.82) is 0 Å². The molecule has 0 aliphatic carbocycles. The molecule has 3 rings (SSSR count). The number of hydrogen-bond acceptors (Lipinski definition) is 5. The highest BCUT2D eigenvalue weighted by Crippen LogP contribution is 2.35. The fraction of sp³-hybridized carbons (Fsp3) is 0.467. The summed E-state index contributed by atoms with van der Waals surface area (Å²) in [6, 6.07) is 6.27. The Kier molecular flexibility index (Phi) is 4.06. The van der Waals surface area contributed by atoms with E-state index < -0.39 is 0 Å². The maximum atomic E-state index is 5.79. The molecule has 0 saturated carbocycles. The van der Waals surface area contributed by atoms with Crippen LogP contribution >= 0.6 is 0 Å². The van der Waals surface area contributed by atoms with Crippen LogP contribution in [0.2, 0.25) is 0 Å². The van der Waals surface area contributed by atoms with Gasteiger partial charge in [0, 0.05) is 18.2 Å². The van der Waals surface area contributed by atoms with Crippen LogP contribution < -0.4 is 14.8 Å². The van der Waals surface area contributed by atoms with E-state index in [4.69, 9.17) is 9.47 Å². The van der Waals surface area contributed by atoms with Gasteiger partial charge >= 0.3 is 0 Å². The van der Waals surface area contributed by atoms with Gasteiger partial charge in [0.15, 0.2) is 5.82 Å². The van der Waals surface area contributed by atoms with Crippen LogP contribution in [-0.2, 0) is 13.2 Å². The van der Waals surface area contributed by atoms with Crippen molar-refractivity contribution in [2.45, 2.75) is 33.0 Å². The predicted octanol–water partition coefficient (Wildman–Crippen LogP) is 1.92. The Balaban J connectivity index is 1.68. The molecule has 21 heavy (non-hydrogen) atoms. The van der Waals surface area contributed by atoms with Gasteiger partial charge in [-0.15, -0.1) is 0 Å². The van der Waals surface area contributed by atoms with Crippen LogP contribution in [-0.4, -0.2) is 27.9 Å². The van der Waals surface area contributed by atoms with Crippen LogP contribution in [0.1, 0.15) is 31.3 Å². The minimum Gasteiger partial charge on any atom is -0.491 e. The lowest BCUT2D eigenvalue weighted by molar-refractivity contribution is 0.283. The molecule has 1 aliphatic rings. The Labute approximate surface area is 124 Å². The standard InChI is InChI=1S/C15H20N4O2/c1-3-16-13-8-21-14-7-11(5-6-12(13)14)20-9-15-17-10-18-19(15)4-2/h5-7,10,13,16H,3-4,8-9H2,1-2H3. The molecule has 0 amide bonds. The van der Waals surface area contributed by atoms with E-state index in [1.54, 1.807) is 6.33 Å². The SMILES string of the molecule is CCNC1COc2cc(OCc3ncnn3CC)ccc21. The number of rotatable bonds is 6. The number of nitrogens with zero attached hydrogens (tertiary/aromatic N) is 3. The number of aryl methyl sites for hydroxylation is 1. The third kappa shape index (κ3) is 2.85. The normalized spacial score (nSPS) is 16.6. The third-order valence-electron chi connectivity index (χ3n) is 3.58. The number of ether oxygens (including phenoxy) is 2. The minimum atomic E-state index is 0.280. The number of likely N-dealkylation sites (N-methyl/N-ethyl adjacent to an activating group) is 1. The zero-order chi connectivity index (χ0) is 14.7. The largest absolute Gasteiger partial charge is 0.491 e. The molecule has 1 aromatic carbocycles. The molecule has 0 radical (unpaired) electrons. The van der Waals surface area contributed by atoms with E-state index in [1.165, 1.54) is 5.56 Å². The summed E-state index contributed by atoms with van der Waals surface area (Å²) < 4.78 is 13.3. The van der Waals surface area contributed by atoms with Gasteiger partial charge in [0.25, 0.3) is 0 Å². The second-order valence-electron chi connectivity index (χ2n) is 4.90. The Morgan fingerprint density at radius 3 is 3.14 bits per heavy atom. The summed E-state index contributed by atoms with van der Waals surface area (Å²) in [5, 5.41) is 7.53. The smallest absolute Gasteiger partial charge is 0.164 e. The van der Waals surface area contributed by atoms with Crippen molar-refractivity contribution in [3.63, 3.8) is 0 Å². The van der Waals surface area contributed by atoms with Gasteiger partial charge in [-0.05, 0) is 25.6 Å². The molecule has 1 atom stereocenters. The number of nitrogens with one attached hydrogen (secondary N) is 1. The second-order valence-corrected chi connectivity index (χ2v) is 4.90. The van der Waals surface area contributed by atoms with Crippen LogP contribution in [0.5, 0.6) is 11.5 Å². The van der Waals surface area contributed by atoms with Crippen molar-refractivity contribution >= 4 is 0 Å². The number of benzene rings is 1. The molecule has 6 nitrogen and oxygen atoms in total. The number of fused-ring (bicyclic) bond motifs is 1. The summed E-state index contributed by atoms with van der Waals surface area (Å²) in [6.07, 6.45) is 1.55. The summed E-state index contributed by atoms with van der Waals surface area (Å²) in [6.45, 7) is 6.93. The highest BCUT2D eigenvalue weighted by Gasteiger charge is 2.23. The van der Waals surface area contributed by atoms with E-state index in [0.717, 1.165) is 30.4 Å². The van der Waals surface area contributed by atoms with Gasteiger partial charge < -0.3 is 14.8 Å². The van der Waals surface area contributed by atoms with Gasteiger partial charge in [-0.1, -0.05) is 6.92 Å². The molecule has 0 saturated heterocycles. The first kappa shape index (κ1) is 13.9. The molecule has 2 heterocycles. The molecule has 2 aromatic rings. The molecule has 0 fully saturated rings. The lowest BCUT2D eigenvalue weighted by Crippen LogP contribution is -2.21.